The summed E-state index contributed by atoms with van der Waals surface area (Å²) in [7, 11) is 0. The third kappa shape index (κ3) is 2.54. The van der Waals surface area contributed by atoms with Crippen LogP contribution in [-0.4, -0.2) is 12.1 Å². The molecule has 0 heterocycles. The maximum atomic E-state index is 11.4. The van der Waals surface area contributed by atoms with Crippen molar-refractivity contribution in [3.8, 4) is 0 Å². The summed E-state index contributed by atoms with van der Waals surface area (Å²) in [5, 5.41) is 0. The molecule has 0 bridgehead atoms. The quantitative estimate of drug-likeness (QED) is 0.603. The molecule has 4 aliphatic carbocycles. The maximum Gasteiger partial charge on any atom is 0.302 e. The van der Waals surface area contributed by atoms with Crippen LogP contribution in [0.4, 0.5) is 0 Å². The monoisotopic (exact) mass is 342 g/mol. The molecular formula is C23H34O2. The molecule has 0 radical (unpaired) electrons. The Hall–Kier alpha value is -1.05. The number of rotatable bonds is 2. The molecule has 0 N–H and O–H groups in total. The van der Waals surface area contributed by atoms with E-state index in [1.165, 1.54) is 44.1 Å². The van der Waals surface area contributed by atoms with Crippen molar-refractivity contribution < 1.29 is 9.53 Å². The molecule has 0 aromatic rings. The van der Waals surface area contributed by atoms with Crippen molar-refractivity contribution >= 4 is 5.97 Å². The molecule has 2 unspecified atom stereocenters. The van der Waals surface area contributed by atoms with Gasteiger partial charge in [-0.2, -0.15) is 0 Å². The maximum absolute atomic E-state index is 11.4. The summed E-state index contributed by atoms with van der Waals surface area (Å²) >= 11 is 0. The lowest BCUT2D eigenvalue weighted by Gasteiger charge is -2.60. The van der Waals surface area contributed by atoms with E-state index in [1.807, 2.05) is 0 Å². The van der Waals surface area contributed by atoms with Crippen LogP contribution in [-0.2, 0) is 9.53 Å². The van der Waals surface area contributed by atoms with Gasteiger partial charge in [-0.05, 0) is 91.4 Å². The van der Waals surface area contributed by atoms with Gasteiger partial charge in [-0.25, -0.2) is 0 Å². The van der Waals surface area contributed by atoms with Gasteiger partial charge in [0.1, 0.15) is 6.10 Å². The van der Waals surface area contributed by atoms with E-state index in [4.69, 9.17) is 4.74 Å². The number of hydrogen-bond acceptors (Lipinski definition) is 2. The minimum Gasteiger partial charge on any atom is -0.463 e. The predicted octanol–water partition coefficient (Wildman–Crippen LogP) is 5.68. The van der Waals surface area contributed by atoms with Crippen molar-refractivity contribution in [3.05, 3.63) is 24.3 Å². The molecule has 0 amide bonds. The van der Waals surface area contributed by atoms with Crippen molar-refractivity contribution in [2.75, 3.05) is 0 Å². The second-order valence-corrected chi connectivity index (χ2v) is 9.72. The predicted molar refractivity (Wildman–Crippen MR) is 101 cm³/mol. The number of allylic oxidation sites excluding steroid dienone is 3. The SMILES string of the molecule is C=CC1=CC[C@H]2C3CC[C@H]4C[C@H](OC(C)=O)CC[C@]4(C)C3CC[C@]12C. The Labute approximate surface area is 153 Å². The first-order chi connectivity index (χ1) is 11.9. The summed E-state index contributed by atoms with van der Waals surface area (Å²) in [5.41, 5.74) is 2.35. The minimum atomic E-state index is -0.107. The molecule has 7 atom stereocenters. The van der Waals surface area contributed by atoms with Crippen LogP contribution in [0.3, 0.4) is 0 Å². The molecule has 0 saturated heterocycles. The minimum absolute atomic E-state index is 0.107. The van der Waals surface area contributed by atoms with Gasteiger partial charge < -0.3 is 4.74 Å². The molecule has 2 heteroatoms. The fourth-order valence-electron chi connectivity index (χ4n) is 7.48. The van der Waals surface area contributed by atoms with Gasteiger partial charge in [0, 0.05) is 6.92 Å². The largest absolute Gasteiger partial charge is 0.463 e. The number of carbonyl (C=O) groups is 1. The zero-order chi connectivity index (χ0) is 17.8. The van der Waals surface area contributed by atoms with Crippen molar-refractivity contribution in [2.24, 2.45) is 34.5 Å². The molecule has 0 aromatic heterocycles. The normalized spacial score (nSPS) is 48.6. The summed E-state index contributed by atoms with van der Waals surface area (Å²) in [6.07, 6.45) is 14.8. The topological polar surface area (TPSA) is 26.3 Å². The van der Waals surface area contributed by atoms with Gasteiger partial charge >= 0.3 is 5.97 Å². The molecule has 0 aliphatic heterocycles. The van der Waals surface area contributed by atoms with Crippen LogP contribution in [0.1, 0.15) is 72.1 Å². The lowest BCUT2D eigenvalue weighted by atomic mass is 9.44. The Morgan fingerprint density at radius 2 is 2.00 bits per heavy atom. The van der Waals surface area contributed by atoms with Crippen LogP contribution in [0.5, 0.6) is 0 Å². The smallest absolute Gasteiger partial charge is 0.302 e. The number of fused-ring (bicyclic) bond motifs is 5. The molecule has 0 aromatic carbocycles. The first-order valence-corrected chi connectivity index (χ1v) is 10.4. The number of ether oxygens (including phenoxy) is 1. The van der Waals surface area contributed by atoms with Gasteiger partial charge in [0.2, 0.25) is 0 Å². The molecule has 3 fully saturated rings. The van der Waals surface area contributed by atoms with Gasteiger partial charge in [0.05, 0.1) is 0 Å². The molecule has 138 valence electrons. The van der Waals surface area contributed by atoms with Crippen LogP contribution >= 0.6 is 0 Å². The van der Waals surface area contributed by atoms with E-state index in [9.17, 15) is 4.79 Å². The van der Waals surface area contributed by atoms with Crippen molar-refractivity contribution in [2.45, 2.75) is 78.2 Å². The van der Waals surface area contributed by atoms with Gasteiger partial charge in [-0.15, -0.1) is 0 Å². The van der Waals surface area contributed by atoms with Crippen molar-refractivity contribution in [1.29, 1.82) is 0 Å². The fraction of sp³-hybridized carbons (Fsp3) is 0.783. The number of carbonyl (C=O) groups excluding carboxylic acids is 1. The average molecular weight is 343 g/mol. The van der Waals surface area contributed by atoms with E-state index in [0.29, 0.717) is 10.8 Å². The van der Waals surface area contributed by atoms with Gasteiger partial charge in [0.25, 0.3) is 0 Å². The number of hydrogen-bond donors (Lipinski definition) is 0. The average Bonchev–Trinajstić information content (AvgIpc) is 2.91. The lowest BCUT2D eigenvalue weighted by Crippen LogP contribution is -2.53. The molecule has 0 spiro atoms. The highest BCUT2D eigenvalue weighted by molar-refractivity contribution is 5.66. The molecule has 25 heavy (non-hydrogen) atoms. The summed E-state index contributed by atoms with van der Waals surface area (Å²) in [5.74, 6) is 3.19. The van der Waals surface area contributed by atoms with Crippen LogP contribution in [0.2, 0.25) is 0 Å². The fourth-order valence-corrected chi connectivity index (χ4v) is 7.48. The highest BCUT2D eigenvalue weighted by atomic mass is 16.5. The Bertz CT molecular complexity index is 605. The molecular weight excluding hydrogens is 308 g/mol. The van der Waals surface area contributed by atoms with Gasteiger partial charge in [-0.1, -0.05) is 32.6 Å². The van der Waals surface area contributed by atoms with E-state index in [1.54, 1.807) is 6.92 Å². The van der Waals surface area contributed by atoms with Crippen LogP contribution in [0.25, 0.3) is 0 Å². The number of esters is 1. The Kier molecular flexibility index (Phi) is 4.16. The summed E-state index contributed by atoms with van der Waals surface area (Å²) < 4.78 is 5.58. The van der Waals surface area contributed by atoms with Crippen LogP contribution in [0, 0.1) is 34.5 Å². The van der Waals surface area contributed by atoms with E-state index in [0.717, 1.165) is 36.5 Å². The second kappa shape index (κ2) is 5.99. The third-order valence-corrected chi connectivity index (χ3v) is 8.81. The summed E-state index contributed by atoms with van der Waals surface area (Å²) in [4.78, 5) is 11.4. The molecule has 2 nitrogen and oxygen atoms in total. The highest BCUT2D eigenvalue weighted by Gasteiger charge is 2.58. The summed E-state index contributed by atoms with van der Waals surface area (Å²) in [6.45, 7) is 10.7. The molecule has 4 rings (SSSR count). The Morgan fingerprint density at radius 1 is 1.20 bits per heavy atom. The first-order valence-electron chi connectivity index (χ1n) is 10.4. The van der Waals surface area contributed by atoms with Crippen molar-refractivity contribution in [3.63, 3.8) is 0 Å². The second-order valence-electron chi connectivity index (χ2n) is 9.72. The standard InChI is InChI=1S/C23H34O2/c1-5-16-7-9-20-19-8-6-17-14-18(25-15(2)24)10-12-23(17,4)21(19)11-13-22(16,20)3/h5,7,17-21H,1,6,8-14H2,2-4H3/t17-,18+,19?,20-,21?,22+,23-/m0/s1. The van der Waals surface area contributed by atoms with E-state index < -0.39 is 0 Å². The zero-order valence-electron chi connectivity index (χ0n) is 16.2. The van der Waals surface area contributed by atoms with Gasteiger partial charge in [0.15, 0.2) is 0 Å². The zero-order valence-corrected chi connectivity index (χ0v) is 16.2. The Balaban J connectivity index is 1.54. The third-order valence-electron chi connectivity index (χ3n) is 8.81. The van der Waals surface area contributed by atoms with Crippen LogP contribution < -0.4 is 0 Å². The molecule has 4 aliphatic rings. The Morgan fingerprint density at radius 3 is 2.72 bits per heavy atom. The van der Waals surface area contributed by atoms with E-state index in [2.05, 4.69) is 32.6 Å². The van der Waals surface area contributed by atoms with Crippen molar-refractivity contribution in [1.82, 2.24) is 0 Å². The van der Waals surface area contributed by atoms with E-state index >= 15 is 0 Å². The summed E-state index contributed by atoms with van der Waals surface area (Å²) in [6, 6.07) is 0. The molecule has 3 saturated carbocycles. The van der Waals surface area contributed by atoms with E-state index in [-0.39, 0.29) is 12.1 Å². The lowest BCUT2D eigenvalue weighted by molar-refractivity contribution is -0.158. The van der Waals surface area contributed by atoms with Gasteiger partial charge in [-0.3, -0.25) is 4.79 Å². The highest BCUT2D eigenvalue weighted by Crippen LogP contribution is 2.66. The van der Waals surface area contributed by atoms with Crippen LogP contribution in [0.15, 0.2) is 24.3 Å². The first kappa shape index (κ1) is 17.4.